The minimum absolute atomic E-state index is 0.0304. The normalized spacial score (nSPS) is 11.1. The van der Waals surface area contributed by atoms with E-state index in [-0.39, 0.29) is 10.5 Å². The lowest BCUT2D eigenvalue weighted by Crippen LogP contribution is -2.42. The quantitative estimate of drug-likeness (QED) is 0.759. The molecule has 9 heteroatoms. The van der Waals surface area contributed by atoms with E-state index in [1.54, 1.807) is 23.9 Å². The van der Waals surface area contributed by atoms with Gasteiger partial charge in [-0.3, -0.25) is 20.4 Å². The molecule has 0 unspecified atom stereocenters. The number of hydrogen-bond donors (Lipinski definition) is 2. The zero-order valence-electron chi connectivity index (χ0n) is 12.3. The maximum atomic E-state index is 12.0. The fourth-order valence-electron chi connectivity index (χ4n) is 1.87. The van der Waals surface area contributed by atoms with Gasteiger partial charge >= 0.3 is 0 Å². The van der Waals surface area contributed by atoms with Crippen molar-refractivity contribution >= 4 is 37.6 Å². The van der Waals surface area contributed by atoms with Gasteiger partial charge in [0.25, 0.3) is 11.8 Å². The lowest BCUT2D eigenvalue weighted by atomic mass is 10.2. The summed E-state index contributed by atoms with van der Waals surface area (Å²) in [7, 11) is -1.72. The van der Waals surface area contributed by atoms with Crippen LogP contribution in [-0.4, -0.2) is 31.1 Å². The Kier molecular flexibility index (Phi) is 4.90. The van der Waals surface area contributed by atoms with Crippen LogP contribution in [0.3, 0.4) is 0 Å². The number of hydrogen-bond acceptors (Lipinski definition) is 4. The number of hydrazine groups is 1. The van der Waals surface area contributed by atoms with Crippen molar-refractivity contribution in [3.05, 3.63) is 52.3 Å². The van der Waals surface area contributed by atoms with E-state index < -0.39 is 21.7 Å². The minimum Gasteiger partial charge on any atom is -0.345 e. The SMILES string of the molecule is Cn1cc(Br)cc1C(=O)NNC(=O)c1cccc(S(C)(=O)=O)c1. The Hall–Kier alpha value is -2.13. The minimum atomic E-state index is -3.41. The number of nitrogens with one attached hydrogen (secondary N) is 2. The topological polar surface area (TPSA) is 97.3 Å². The molecule has 23 heavy (non-hydrogen) atoms. The molecule has 7 nitrogen and oxygen atoms in total. The monoisotopic (exact) mass is 399 g/mol. The number of carbonyl (C=O) groups excluding carboxylic acids is 2. The van der Waals surface area contributed by atoms with E-state index in [0.717, 1.165) is 10.7 Å². The van der Waals surface area contributed by atoms with Crippen molar-refractivity contribution in [3.63, 3.8) is 0 Å². The summed E-state index contributed by atoms with van der Waals surface area (Å²) in [6, 6.07) is 7.16. The van der Waals surface area contributed by atoms with Gasteiger partial charge < -0.3 is 4.57 Å². The maximum Gasteiger partial charge on any atom is 0.286 e. The summed E-state index contributed by atoms with van der Waals surface area (Å²) in [5, 5.41) is 0. The number of amides is 2. The third-order valence-corrected chi connectivity index (χ3v) is 4.56. The molecule has 0 fully saturated rings. The summed E-state index contributed by atoms with van der Waals surface area (Å²) in [6.45, 7) is 0. The van der Waals surface area contributed by atoms with E-state index in [0.29, 0.717) is 5.69 Å². The fourth-order valence-corrected chi connectivity index (χ4v) is 3.06. The van der Waals surface area contributed by atoms with Gasteiger partial charge in [0.15, 0.2) is 9.84 Å². The van der Waals surface area contributed by atoms with Crippen molar-refractivity contribution in [1.82, 2.24) is 15.4 Å². The molecule has 0 aliphatic carbocycles. The summed E-state index contributed by atoms with van der Waals surface area (Å²) in [5.74, 6) is -1.11. The van der Waals surface area contributed by atoms with Gasteiger partial charge in [-0.1, -0.05) is 6.07 Å². The van der Waals surface area contributed by atoms with Crippen LogP contribution in [0.4, 0.5) is 0 Å². The molecule has 0 bridgehead atoms. The van der Waals surface area contributed by atoms with Crippen molar-refractivity contribution in [2.24, 2.45) is 7.05 Å². The van der Waals surface area contributed by atoms with Crippen LogP contribution in [0.2, 0.25) is 0 Å². The molecule has 2 aromatic rings. The van der Waals surface area contributed by atoms with Gasteiger partial charge in [-0.05, 0) is 40.2 Å². The molecule has 2 amide bonds. The first kappa shape index (κ1) is 17.2. The Morgan fingerprint density at radius 2 is 1.78 bits per heavy atom. The summed E-state index contributed by atoms with van der Waals surface area (Å²) in [4.78, 5) is 24.0. The van der Waals surface area contributed by atoms with Gasteiger partial charge in [0.2, 0.25) is 0 Å². The van der Waals surface area contributed by atoms with Crippen molar-refractivity contribution in [2.75, 3.05) is 6.26 Å². The second-order valence-corrected chi connectivity index (χ2v) is 7.79. The molecule has 1 aromatic carbocycles. The summed E-state index contributed by atoms with van der Waals surface area (Å²) in [5.41, 5.74) is 5.01. The molecular weight excluding hydrogens is 386 g/mol. The fraction of sp³-hybridized carbons (Fsp3) is 0.143. The molecule has 2 N–H and O–H groups in total. The van der Waals surface area contributed by atoms with Gasteiger partial charge in [-0.25, -0.2) is 8.42 Å². The molecule has 0 aliphatic heterocycles. The second kappa shape index (κ2) is 6.55. The highest BCUT2D eigenvalue weighted by molar-refractivity contribution is 9.10. The van der Waals surface area contributed by atoms with Crippen molar-refractivity contribution in [3.8, 4) is 0 Å². The molecule has 0 saturated carbocycles. The molecule has 2 rings (SSSR count). The Labute approximate surface area is 141 Å². The number of aromatic nitrogens is 1. The van der Waals surface area contributed by atoms with Crippen LogP contribution in [0, 0.1) is 0 Å². The first-order valence-electron chi connectivity index (χ1n) is 6.41. The molecule has 1 aromatic heterocycles. The molecule has 0 spiro atoms. The van der Waals surface area contributed by atoms with Crippen LogP contribution in [-0.2, 0) is 16.9 Å². The third kappa shape index (κ3) is 4.20. The Balaban J connectivity index is 2.08. The number of aryl methyl sites for hydroxylation is 1. The zero-order valence-corrected chi connectivity index (χ0v) is 14.7. The Morgan fingerprint density at radius 3 is 2.35 bits per heavy atom. The average molecular weight is 400 g/mol. The highest BCUT2D eigenvalue weighted by Crippen LogP contribution is 2.13. The van der Waals surface area contributed by atoms with Crippen LogP contribution < -0.4 is 10.9 Å². The van der Waals surface area contributed by atoms with E-state index in [2.05, 4.69) is 26.8 Å². The first-order valence-corrected chi connectivity index (χ1v) is 9.09. The lowest BCUT2D eigenvalue weighted by molar-refractivity contribution is 0.0842. The Bertz CT molecular complexity index is 874. The van der Waals surface area contributed by atoms with Gasteiger partial charge in [-0.2, -0.15) is 0 Å². The smallest absolute Gasteiger partial charge is 0.286 e. The highest BCUT2D eigenvalue weighted by atomic mass is 79.9. The lowest BCUT2D eigenvalue weighted by Gasteiger charge is -2.08. The van der Waals surface area contributed by atoms with Crippen LogP contribution >= 0.6 is 15.9 Å². The highest BCUT2D eigenvalue weighted by Gasteiger charge is 2.14. The predicted octanol–water partition coefficient (Wildman–Crippen LogP) is 1.27. The van der Waals surface area contributed by atoms with Crippen LogP contribution in [0.5, 0.6) is 0 Å². The van der Waals surface area contributed by atoms with Crippen molar-refractivity contribution in [2.45, 2.75) is 4.90 Å². The van der Waals surface area contributed by atoms with Crippen LogP contribution in [0.15, 0.2) is 45.9 Å². The standard InChI is InChI=1S/C14H14BrN3O4S/c1-18-8-10(15)7-12(18)14(20)17-16-13(19)9-4-3-5-11(6-9)23(2,21)22/h3-8H,1-2H3,(H,16,19)(H,17,20). The van der Waals surface area contributed by atoms with Gasteiger partial charge in [0.05, 0.1) is 4.90 Å². The molecule has 0 saturated heterocycles. The van der Waals surface area contributed by atoms with Gasteiger partial charge in [0, 0.05) is 29.5 Å². The predicted molar refractivity (Wildman–Crippen MR) is 87.6 cm³/mol. The number of rotatable bonds is 3. The van der Waals surface area contributed by atoms with Crippen LogP contribution in [0.25, 0.3) is 0 Å². The number of nitrogens with zero attached hydrogens (tertiary/aromatic N) is 1. The van der Waals surface area contributed by atoms with Gasteiger partial charge in [0.1, 0.15) is 5.69 Å². The van der Waals surface area contributed by atoms with E-state index in [1.165, 1.54) is 24.3 Å². The zero-order chi connectivity index (χ0) is 17.2. The summed E-state index contributed by atoms with van der Waals surface area (Å²) < 4.78 is 25.3. The van der Waals surface area contributed by atoms with Crippen LogP contribution in [0.1, 0.15) is 20.8 Å². The van der Waals surface area contributed by atoms with E-state index in [1.807, 2.05) is 0 Å². The molecule has 1 heterocycles. The molecular formula is C14H14BrN3O4S. The first-order chi connectivity index (χ1) is 10.7. The number of sulfone groups is 1. The third-order valence-electron chi connectivity index (χ3n) is 3.02. The molecule has 0 aliphatic rings. The largest absolute Gasteiger partial charge is 0.345 e. The van der Waals surface area contributed by atoms with Crippen molar-refractivity contribution < 1.29 is 18.0 Å². The summed E-state index contributed by atoms with van der Waals surface area (Å²) >= 11 is 3.25. The molecule has 0 atom stereocenters. The van der Waals surface area contributed by atoms with Gasteiger partial charge in [-0.15, -0.1) is 0 Å². The van der Waals surface area contributed by atoms with E-state index in [9.17, 15) is 18.0 Å². The van der Waals surface area contributed by atoms with Crippen molar-refractivity contribution in [1.29, 1.82) is 0 Å². The molecule has 122 valence electrons. The van der Waals surface area contributed by atoms with E-state index >= 15 is 0 Å². The van der Waals surface area contributed by atoms with E-state index in [4.69, 9.17) is 0 Å². The number of halogens is 1. The average Bonchev–Trinajstić information content (AvgIpc) is 2.82. The molecule has 0 radical (unpaired) electrons. The second-order valence-electron chi connectivity index (χ2n) is 4.86. The maximum absolute atomic E-state index is 12.0. The summed E-state index contributed by atoms with van der Waals surface area (Å²) in [6.07, 6.45) is 2.76. The number of benzene rings is 1. The number of carbonyl (C=O) groups is 2. The Morgan fingerprint density at radius 1 is 1.13 bits per heavy atom.